The number of carbonyl (C=O) groups is 3. The molecule has 1 aliphatic heterocycles. The van der Waals surface area contributed by atoms with Gasteiger partial charge in [-0.15, -0.1) is 0 Å². The van der Waals surface area contributed by atoms with Crippen LogP contribution in [0, 0.1) is 0 Å². The lowest BCUT2D eigenvalue weighted by Crippen LogP contribution is -2.31. The number of nitrogens with two attached hydrogens (primary N) is 1. The van der Waals surface area contributed by atoms with E-state index < -0.39 is 17.8 Å². The smallest absolute Gasteiger partial charge is 0.326 e. The molecule has 2 N–H and O–H groups in total. The van der Waals surface area contributed by atoms with Crippen LogP contribution in [-0.2, 0) is 22.7 Å². The number of carbonyl (C=O) groups excluding carboxylic acids is 3. The summed E-state index contributed by atoms with van der Waals surface area (Å²) >= 11 is 0. The van der Waals surface area contributed by atoms with Crippen molar-refractivity contribution in [2.24, 2.45) is 5.73 Å². The molecule has 0 atom stereocenters. The summed E-state index contributed by atoms with van der Waals surface area (Å²) in [6.45, 7) is 0.386. The molecule has 1 fully saturated rings. The van der Waals surface area contributed by atoms with Gasteiger partial charge in [-0.05, 0) is 11.1 Å². The molecule has 1 aliphatic rings. The number of likely N-dealkylation sites (N-methyl/N-ethyl adjacent to an activating group) is 1. The first-order valence-electron chi connectivity index (χ1n) is 5.46. The van der Waals surface area contributed by atoms with Crippen molar-refractivity contribution in [2.75, 3.05) is 7.05 Å². The van der Waals surface area contributed by atoms with Crippen LogP contribution in [0.1, 0.15) is 11.1 Å². The van der Waals surface area contributed by atoms with Crippen LogP contribution in [0.2, 0.25) is 0 Å². The Kier molecular flexibility index (Phi) is 3.12. The van der Waals surface area contributed by atoms with Crippen LogP contribution < -0.4 is 5.73 Å². The molecule has 1 aromatic rings. The van der Waals surface area contributed by atoms with Crippen molar-refractivity contribution in [3.05, 3.63) is 35.4 Å². The van der Waals surface area contributed by atoms with Crippen molar-refractivity contribution in [1.82, 2.24) is 9.80 Å². The first kappa shape index (κ1) is 12.3. The number of hydrogen-bond donors (Lipinski definition) is 1. The van der Waals surface area contributed by atoms with Gasteiger partial charge in [-0.1, -0.05) is 24.3 Å². The highest BCUT2D eigenvalue weighted by atomic mass is 16.2. The number of urea groups is 1. The molecule has 6 heteroatoms. The third-order valence-corrected chi connectivity index (χ3v) is 2.92. The first-order valence-corrected chi connectivity index (χ1v) is 5.46. The minimum absolute atomic E-state index is 0.0706. The zero-order chi connectivity index (χ0) is 13.3. The maximum atomic E-state index is 11.7. The Labute approximate surface area is 104 Å². The number of imide groups is 2. The Hall–Kier alpha value is -2.21. The zero-order valence-corrected chi connectivity index (χ0v) is 9.92. The van der Waals surface area contributed by atoms with Crippen LogP contribution >= 0.6 is 0 Å². The molecule has 0 aromatic heterocycles. The van der Waals surface area contributed by atoms with Crippen molar-refractivity contribution >= 4 is 17.8 Å². The molecule has 18 heavy (non-hydrogen) atoms. The van der Waals surface area contributed by atoms with Gasteiger partial charge in [0.2, 0.25) is 0 Å². The highest BCUT2D eigenvalue weighted by Gasteiger charge is 2.42. The van der Waals surface area contributed by atoms with Gasteiger partial charge in [0.15, 0.2) is 0 Å². The normalized spacial score (nSPS) is 15.8. The van der Waals surface area contributed by atoms with Crippen molar-refractivity contribution in [3.8, 4) is 0 Å². The lowest BCUT2D eigenvalue weighted by Gasteiger charge is -2.15. The van der Waals surface area contributed by atoms with Crippen LogP contribution in [0.4, 0.5) is 4.79 Å². The highest BCUT2D eigenvalue weighted by Crippen LogP contribution is 2.16. The quantitative estimate of drug-likeness (QED) is 0.605. The van der Waals surface area contributed by atoms with Crippen LogP contribution in [-0.4, -0.2) is 34.7 Å². The molecule has 0 unspecified atom stereocenters. The molecule has 4 amide bonds. The van der Waals surface area contributed by atoms with Gasteiger partial charge in [0.1, 0.15) is 0 Å². The van der Waals surface area contributed by atoms with Crippen molar-refractivity contribution < 1.29 is 14.4 Å². The predicted octanol–water partition coefficient (Wildman–Crippen LogP) is 0.0659. The fourth-order valence-corrected chi connectivity index (χ4v) is 1.83. The van der Waals surface area contributed by atoms with Gasteiger partial charge in [-0.25, -0.2) is 4.79 Å². The molecular weight excluding hydrogens is 234 g/mol. The number of hydrogen-bond acceptors (Lipinski definition) is 4. The van der Waals surface area contributed by atoms with Crippen molar-refractivity contribution in [3.63, 3.8) is 0 Å². The third-order valence-electron chi connectivity index (χ3n) is 2.92. The second-order valence-corrected chi connectivity index (χ2v) is 4.01. The lowest BCUT2D eigenvalue weighted by atomic mass is 10.1. The Morgan fingerprint density at radius 3 is 2.17 bits per heavy atom. The topological polar surface area (TPSA) is 83.7 Å². The highest BCUT2D eigenvalue weighted by molar-refractivity contribution is 6.44. The Morgan fingerprint density at radius 2 is 1.67 bits per heavy atom. The third kappa shape index (κ3) is 1.86. The van der Waals surface area contributed by atoms with Crippen LogP contribution in [0.25, 0.3) is 0 Å². The van der Waals surface area contributed by atoms with E-state index in [2.05, 4.69) is 0 Å². The van der Waals surface area contributed by atoms with Crippen LogP contribution in [0.5, 0.6) is 0 Å². The molecule has 0 spiro atoms. The van der Waals surface area contributed by atoms with Gasteiger partial charge in [0, 0.05) is 13.6 Å². The van der Waals surface area contributed by atoms with Gasteiger partial charge in [0.05, 0.1) is 6.54 Å². The fraction of sp³-hybridized carbons (Fsp3) is 0.250. The molecule has 2 rings (SSSR count). The predicted molar refractivity (Wildman–Crippen MR) is 63.0 cm³/mol. The van der Waals surface area contributed by atoms with E-state index in [9.17, 15) is 14.4 Å². The average Bonchev–Trinajstić information content (AvgIpc) is 2.57. The summed E-state index contributed by atoms with van der Waals surface area (Å²) in [5, 5.41) is 0. The van der Waals surface area contributed by atoms with Crippen LogP contribution in [0.3, 0.4) is 0 Å². The van der Waals surface area contributed by atoms with Gasteiger partial charge in [-0.3, -0.25) is 19.4 Å². The summed E-state index contributed by atoms with van der Waals surface area (Å²) in [5.74, 6) is -1.60. The van der Waals surface area contributed by atoms with Gasteiger partial charge in [-0.2, -0.15) is 0 Å². The van der Waals surface area contributed by atoms with E-state index >= 15 is 0 Å². The Morgan fingerprint density at radius 1 is 1.06 bits per heavy atom. The molecule has 0 bridgehead atoms. The molecule has 1 saturated heterocycles. The summed E-state index contributed by atoms with van der Waals surface area (Å²) in [6, 6.07) is 6.64. The van der Waals surface area contributed by atoms with E-state index in [-0.39, 0.29) is 6.54 Å². The molecule has 1 heterocycles. The Balaban J connectivity index is 2.27. The number of rotatable bonds is 3. The largest absolute Gasteiger partial charge is 0.334 e. The number of nitrogens with zero attached hydrogens (tertiary/aromatic N) is 2. The monoisotopic (exact) mass is 247 g/mol. The lowest BCUT2D eigenvalue weighted by molar-refractivity contribution is -0.143. The van der Waals surface area contributed by atoms with Crippen LogP contribution in [0.15, 0.2) is 24.3 Å². The first-order chi connectivity index (χ1) is 8.56. The molecule has 6 nitrogen and oxygen atoms in total. The van der Waals surface area contributed by atoms with E-state index in [1.807, 2.05) is 12.1 Å². The molecular formula is C12H13N3O3. The molecule has 0 saturated carbocycles. The molecule has 0 radical (unpaired) electrons. The van der Waals surface area contributed by atoms with E-state index in [0.717, 1.165) is 20.9 Å². The van der Waals surface area contributed by atoms with E-state index in [1.165, 1.54) is 7.05 Å². The second-order valence-electron chi connectivity index (χ2n) is 4.01. The summed E-state index contributed by atoms with van der Waals surface area (Å²) in [4.78, 5) is 36.4. The van der Waals surface area contributed by atoms with Crippen molar-refractivity contribution in [2.45, 2.75) is 13.1 Å². The fourth-order valence-electron chi connectivity index (χ4n) is 1.83. The van der Waals surface area contributed by atoms with Gasteiger partial charge < -0.3 is 5.73 Å². The van der Waals surface area contributed by atoms with E-state index in [1.54, 1.807) is 12.1 Å². The van der Waals surface area contributed by atoms with E-state index in [4.69, 9.17) is 5.73 Å². The summed E-state index contributed by atoms with van der Waals surface area (Å²) < 4.78 is 0. The molecule has 0 aliphatic carbocycles. The van der Waals surface area contributed by atoms with Gasteiger partial charge in [0.25, 0.3) is 0 Å². The van der Waals surface area contributed by atoms with Gasteiger partial charge >= 0.3 is 17.8 Å². The Bertz CT molecular complexity index is 527. The number of amides is 4. The molecule has 1 aromatic carbocycles. The minimum Gasteiger partial charge on any atom is -0.326 e. The van der Waals surface area contributed by atoms with Crippen molar-refractivity contribution in [1.29, 1.82) is 0 Å². The van der Waals surface area contributed by atoms with E-state index in [0.29, 0.717) is 6.54 Å². The number of benzene rings is 1. The maximum Gasteiger partial charge on any atom is 0.334 e. The average molecular weight is 247 g/mol. The summed E-state index contributed by atoms with van der Waals surface area (Å²) in [6.07, 6.45) is 0. The summed E-state index contributed by atoms with van der Waals surface area (Å²) in [5.41, 5.74) is 7.20. The standard InChI is InChI=1S/C12H13N3O3/c1-14-10(16)11(17)15(12(14)18)7-9-5-3-2-4-8(9)6-13/h2-5H,6-7,13H2,1H3. The SMILES string of the molecule is CN1C(=O)C(=O)N(Cc2ccccc2CN)C1=O. The molecule has 94 valence electrons. The minimum atomic E-state index is -0.801. The summed E-state index contributed by atoms with van der Waals surface area (Å²) in [7, 11) is 1.29. The zero-order valence-electron chi connectivity index (χ0n) is 9.92. The second kappa shape index (κ2) is 4.58. The maximum absolute atomic E-state index is 11.7.